The van der Waals surface area contributed by atoms with Crippen LogP contribution in [0.1, 0.15) is 55.1 Å². The summed E-state index contributed by atoms with van der Waals surface area (Å²) >= 11 is 0. The first-order chi connectivity index (χ1) is 11.9. The number of allylic oxidation sites excluding steroid dienone is 2. The van der Waals surface area contributed by atoms with Crippen LogP contribution in [-0.4, -0.2) is 5.78 Å². The van der Waals surface area contributed by atoms with Crippen molar-refractivity contribution in [1.82, 2.24) is 0 Å². The lowest BCUT2D eigenvalue weighted by atomic mass is 9.84. The van der Waals surface area contributed by atoms with Gasteiger partial charge in [0.25, 0.3) is 0 Å². The number of carbonyl (C=O) groups excluding carboxylic acids is 1. The zero-order valence-electron chi connectivity index (χ0n) is 15.8. The van der Waals surface area contributed by atoms with E-state index in [9.17, 15) is 4.79 Å². The van der Waals surface area contributed by atoms with Crippen LogP contribution in [-0.2, 0) is 6.42 Å². The van der Waals surface area contributed by atoms with Crippen LogP contribution < -0.4 is 0 Å². The second-order valence-corrected chi connectivity index (χ2v) is 8.09. The van der Waals surface area contributed by atoms with Crippen molar-refractivity contribution in [2.45, 2.75) is 47.0 Å². The van der Waals surface area contributed by atoms with Gasteiger partial charge in [-0.25, -0.2) is 0 Å². The SMILES string of the molecule is CC1=C(Cc2ccc(C)cc2)C(CC(=O)c2ccccc2)CC1(C)C. The Balaban J connectivity index is 1.82. The number of ketones is 1. The number of carbonyl (C=O) groups is 1. The van der Waals surface area contributed by atoms with E-state index in [0.29, 0.717) is 12.3 Å². The molecule has 25 heavy (non-hydrogen) atoms. The first-order valence-corrected chi connectivity index (χ1v) is 9.21. The van der Waals surface area contributed by atoms with E-state index >= 15 is 0 Å². The lowest BCUT2D eigenvalue weighted by Crippen LogP contribution is -2.13. The summed E-state index contributed by atoms with van der Waals surface area (Å²) in [6.07, 6.45) is 2.65. The first-order valence-electron chi connectivity index (χ1n) is 9.21. The van der Waals surface area contributed by atoms with Gasteiger partial charge in [-0.15, -0.1) is 0 Å². The first kappa shape index (κ1) is 17.7. The number of aryl methyl sites for hydroxylation is 1. The van der Waals surface area contributed by atoms with Crippen molar-refractivity contribution >= 4 is 5.78 Å². The molecule has 0 fully saturated rings. The standard InChI is InChI=1S/C24H28O/c1-17-10-12-19(13-11-17)14-22-18(2)24(3,4)16-21(22)15-23(25)20-8-6-5-7-9-20/h5-13,21H,14-16H2,1-4H3. The molecule has 0 aromatic heterocycles. The third kappa shape index (κ3) is 3.92. The van der Waals surface area contributed by atoms with Gasteiger partial charge in [0.15, 0.2) is 5.78 Å². The Bertz CT molecular complexity index is 779. The Morgan fingerprint density at radius 2 is 1.64 bits per heavy atom. The van der Waals surface area contributed by atoms with Crippen molar-refractivity contribution in [2.75, 3.05) is 0 Å². The van der Waals surface area contributed by atoms with E-state index in [1.165, 1.54) is 22.3 Å². The highest BCUT2D eigenvalue weighted by atomic mass is 16.1. The molecular weight excluding hydrogens is 304 g/mol. The van der Waals surface area contributed by atoms with Gasteiger partial charge in [-0.1, -0.05) is 85.2 Å². The Morgan fingerprint density at radius 3 is 2.28 bits per heavy atom. The average molecular weight is 332 g/mol. The van der Waals surface area contributed by atoms with Gasteiger partial charge in [-0.3, -0.25) is 4.79 Å². The molecule has 2 aromatic rings. The molecule has 1 atom stereocenters. The molecule has 2 aromatic carbocycles. The maximum atomic E-state index is 12.7. The molecule has 0 N–H and O–H groups in total. The van der Waals surface area contributed by atoms with Gasteiger partial charge in [0.1, 0.15) is 0 Å². The predicted molar refractivity (Wildman–Crippen MR) is 105 cm³/mol. The lowest BCUT2D eigenvalue weighted by molar-refractivity contribution is 0.0963. The van der Waals surface area contributed by atoms with Crippen LogP contribution in [0, 0.1) is 18.3 Å². The summed E-state index contributed by atoms with van der Waals surface area (Å²) in [6, 6.07) is 18.5. The zero-order valence-corrected chi connectivity index (χ0v) is 15.8. The van der Waals surface area contributed by atoms with Gasteiger partial charge in [-0.05, 0) is 43.6 Å². The highest BCUT2D eigenvalue weighted by Crippen LogP contribution is 2.48. The fourth-order valence-electron chi connectivity index (χ4n) is 4.00. The summed E-state index contributed by atoms with van der Waals surface area (Å²) in [6.45, 7) is 9.00. The number of Topliss-reactive ketones (excluding diaryl/α,β-unsaturated/α-hetero) is 1. The smallest absolute Gasteiger partial charge is 0.163 e. The van der Waals surface area contributed by atoms with Crippen molar-refractivity contribution in [3.8, 4) is 0 Å². The topological polar surface area (TPSA) is 17.1 Å². The van der Waals surface area contributed by atoms with Crippen LogP contribution in [0.25, 0.3) is 0 Å². The van der Waals surface area contributed by atoms with Crippen molar-refractivity contribution < 1.29 is 4.79 Å². The fourth-order valence-corrected chi connectivity index (χ4v) is 4.00. The summed E-state index contributed by atoms with van der Waals surface area (Å²) < 4.78 is 0. The van der Waals surface area contributed by atoms with Crippen LogP contribution in [0.4, 0.5) is 0 Å². The van der Waals surface area contributed by atoms with Gasteiger partial charge < -0.3 is 0 Å². The molecule has 0 amide bonds. The summed E-state index contributed by atoms with van der Waals surface area (Å²) in [4.78, 5) is 12.7. The van der Waals surface area contributed by atoms with Gasteiger partial charge in [0, 0.05) is 12.0 Å². The van der Waals surface area contributed by atoms with E-state index in [1.807, 2.05) is 30.3 Å². The van der Waals surface area contributed by atoms with Crippen LogP contribution >= 0.6 is 0 Å². The molecule has 0 aliphatic heterocycles. The minimum absolute atomic E-state index is 0.182. The van der Waals surface area contributed by atoms with E-state index in [0.717, 1.165) is 18.4 Å². The van der Waals surface area contributed by atoms with E-state index in [4.69, 9.17) is 0 Å². The van der Waals surface area contributed by atoms with Gasteiger partial charge >= 0.3 is 0 Å². The highest BCUT2D eigenvalue weighted by Gasteiger charge is 2.37. The molecule has 1 aliphatic carbocycles. The molecule has 3 rings (SSSR count). The molecule has 0 spiro atoms. The summed E-state index contributed by atoms with van der Waals surface area (Å²) in [5, 5.41) is 0. The van der Waals surface area contributed by atoms with E-state index in [2.05, 4.69) is 52.0 Å². The number of hydrogen-bond acceptors (Lipinski definition) is 1. The van der Waals surface area contributed by atoms with Crippen LogP contribution in [0.5, 0.6) is 0 Å². The zero-order chi connectivity index (χ0) is 18.0. The maximum absolute atomic E-state index is 12.7. The van der Waals surface area contributed by atoms with Crippen LogP contribution in [0.3, 0.4) is 0 Å². The molecule has 0 radical (unpaired) electrons. The monoisotopic (exact) mass is 332 g/mol. The number of benzene rings is 2. The fraction of sp³-hybridized carbons (Fsp3) is 0.375. The van der Waals surface area contributed by atoms with Crippen molar-refractivity contribution in [3.05, 3.63) is 82.4 Å². The highest BCUT2D eigenvalue weighted by molar-refractivity contribution is 5.96. The third-order valence-corrected chi connectivity index (χ3v) is 5.79. The van der Waals surface area contributed by atoms with E-state index in [1.54, 1.807) is 0 Å². The molecule has 1 heteroatoms. The van der Waals surface area contributed by atoms with Crippen molar-refractivity contribution in [2.24, 2.45) is 11.3 Å². The Morgan fingerprint density at radius 1 is 1.00 bits per heavy atom. The molecule has 0 saturated heterocycles. The second-order valence-electron chi connectivity index (χ2n) is 8.09. The number of hydrogen-bond donors (Lipinski definition) is 0. The van der Waals surface area contributed by atoms with Crippen LogP contribution in [0.15, 0.2) is 65.7 Å². The molecule has 0 heterocycles. The largest absolute Gasteiger partial charge is 0.294 e. The minimum Gasteiger partial charge on any atom is -0.294 e. The van der Waals surface area contributed by atoms with Gasteiger partial charge in [-0.2, -0.15) is 0 Å². The molecule has 1 nitrogen and oxygen atoms in total. The average Bonchev–Trinajstić information content (AvgIpc) is 2.80. The summed E-state index contributed by atoms with van der Waals surface area (Å²) in [5.41, 5.74) is 6.59. The lowest BCUT2D eigenvalue weighted by Gasteiger charge is -2.20. The van der Waals surface area contributed by atoms with E-state index in [-0.39, 0.29) is 11.2 Å². The molecule has 1 unspecified atom stereocenters. The Hall–Kier alpha value is -2.15. The summed E-state index contributed by atoms with van der Waals surface area (Å²) in [7, 11) is 0. The van der Waals surface area contributed by atoms with Crippen molar-refractivity contribution in [3.63, 3.8) is 0 Å². The maximum Gasteiger partial charge on any atom is 0.163 e. The second kappa shape index (κ2) is 7.00. The molecule has 0 saturated carbocycles. The number of rotatable bonds is 5. The molecular formula is C24H28O. The van der Waals surface area contributed by atoms with Gasteiger partial charge in [0.05, 0.1) is 0 Å². The molecule has 1 aliphatic rings. The van der Waals surface area contributed by atoms with Crippen LogP contribution in [0.2, 0.25) is 0 Å². The quantitative estimate of drug-likeness (QED) is 0.472. The van der Waals surface area contributed by atoms with Gasteiger partial charge in [0.2, 0.25) is 0 Å². The van der Waals surface area contributed by atoms with Crippen molar-refractivity contribution in [1.29, 1.82) is 0 Å². The minimum atomic E-state index is 0.182. The van der Waals surface area contributed by atoms with E-state index < -0.39 is 0 Å². The normalized spacial score (nSPS) is 19.3. The molecule has 0 bridgehead atoms. The Labute approximate surface area is 151 Å². The predicted octanol–water partition coefficient (Wildman–Crippen LogP) is 6.17. The third-order valence-electron chi connectivity index (χ3n) is 5.79. The Kier molecular flexibility index (Phi) is 4.94. The summed E-state index contributed by atoms with van der Waals surface area (Å²) in [5.74, 6) is 0.613. The molecule has 130 valence electrons.